The summed E-state index contributed by atoms with van der Waals surface area (Å²) in [5.41, 5.74) is 0. The number of hydrogen-bond acceptors (Lipinski definition) is 16. The monoisotopic (exact) mass is 644 g/mol. The van der Waals surface area contributed by atoms with E-state index in [1.807, 2.05) is 6.92 Å². The minimum absolute atomic E-state index is 0.0120. The first-order valence-corrected chi connectivity index (χ1v) is 17.9. The molecule has 4 unspecified atom stereocenters. The molecule has 0 aromatic carbocycles. The van der Waals surface area contributed by atoms with Gasteiger partial charge in [-0.05, 0) is 38.5 Å². The van der Waals surface area contributed by atoms with E-state index in [9.17, 15) is 37.8 Å². The summed E-state index contributed by atoms with van der Waals surface area (Å²) in [6.45, 7) is -0.763. The van der Waals surface area contributed by atoms with Gasteiger partial charge in [-0.3, -0.25) is 18.3 Å². The summed E-state index contributed by atoms with van der Waals surface area (Å²) in [5, 5.41) is 0. The lowest BCUT2D eigenvalue weighted by Gasteiger charge is -2.25. The zero-order valence-corrected chi connectivity index (χ0v) is 25.3. The largest absolute Gasteiger partial charge is 0.756 e. The smallest absolute Gasteiger partial charge is 0.267 e. The summed E-state index contributed by atoms with van der Waals surface area (Å²) in [7, 11) is -18.5. The molecule has 39 heavy (non-hydrogen) atoms. The van der Waals surface area contributed by atoms with E-state index in [0.717, 1.165) is 6.42 Å². The summed E-state index contributed by atoms with van der Waals surface area (Å²) >= 11 is 0. The van der Waals surface area contributed by atoms with Crippen LogP contribution in [0, 0.1) is 12.3 Å². The first kappa shape index (κ1) is 39.0. The number of terminal acetylenes is 1. The highest BCUT2D eigenvalue weighted by Gasteiger charge is 2.14. The molecule has 4 atom stereocenters. The van der Waals surface area contributed by atoms with Crippen molar-refractivity contribution in [3.05, 3.63) is 0 Å². The molecule has 0 heterocycles. The zero-order valence-electron chi connectivity index (χ0n) is 21.7. The maximum atomic E-state index is 11.7. The fourth-order valence-electron chi connectivity index (χ4n) is 2.21. The van der Waals surface area contributed by atoms with Gasteiger partial charge in [0.25, 0.3) is 31.3 Å². The lowest BCUT2D eigenvalue weighted by Crippen LogP contribution is -2.14. The molecule has 0 aromatic rings. The van der Waals surface area contributed by atoms with Crippen molar-refractivity contribution in [3.63, 3.8) is 0 Å². The number of phosphoric ester groups is 4. The molecule has 0 spiro atoms. The molecule has 16 nitrogen and oxygen atoms in total. The van der Waals surface area contributed by atoms with Crippen molar-refractivity contribution in [2.45, 2.75) is 58.3 Å². The Kier molecular flexibility index (Phi) is 21.7. The SMILES string of the molecule is C#CCCCCOP(=O)([O-])OCCCOP(=O)([O-])OCCCOP(=O)([O-])OCCCOP(=O)([O-])OCCCC. The van der Waals surface area contributed by atoms with Crippen molar-refractivity contribution in [3.8, 4) is 12.3 Å². The van der Waals surface area contributed by atoms with E-state index in [2.05, 4.69) is 42.1 Å². The van der Waals surface area contributed by atoms with Gasteiger partial charge in [-0.25, -0.2) is 0 Å². The lowest BCUT2D eigenvalue weighted by molar-refractivity contribution is -0.228. The zero-order chi connectivity index (χ0) is 29.7. The third-order valence-corrected chi connectivity index (χ3v) is 8.06. The van der Waals surface area contributed by atoms with Crippen LogP contribution in [0.15, 0.2) is 0 Å². The van der Waals surface area contributed by atoms with Gasteiger partial charge < -0.3 is 55.8 Å². The van der Waals surface area contributed by atoms with Crippen LogP contribution in [0.3, 0.4) is 0 Å². The molecule has 20 heteroatoms. The van der Waals surface area contributed by atoms with Gasteiger partial charge in [0, 0.05) is 6.42 Å². The molecule has 0 bridgehead atoms. The molecular formula is C19H36O16P4-4. The summed E-state index contributed by atoms with van der Waals surface area (Å²) in [5.74, 6) is 2.41. The van der Waals surface area contributed by atoms with Crippen LogP contribution in [0.25, 0.3) is 0 Å². The predicted molar refractivity (Wildman–Crippen MR) is 129 cm³/mol. The second-order valence-electron chi connectivity index (χ2n) is 7.53. The molecule has 0 radical (unpaired) electrons. The van der Waals surface area contributed by atoms with Crippen molar-refractivity contribution in [1.82, 2.24) is 0 Å². The highest BCUT2D eigenvalue weighted by atomic mass is 31.2. The molecule has 0 amide bonds. The highest BCUT2D eigenvalue weighted by molar-refractivity contribution is 7.46. The molecule has 0 aliphatic carbocycles. The Labute approximate surface area is 229 Å². The summed E-state index contributed by atoms with van der Waals surface area (Å²) in [6.07, 6.45) is 7.52. The van der Waals surface area contributed by atoms with Crippen LogP contribution in [-0.2, 0) is 54.5 Å². The maximum absolute atomic E-state index is 11.7. The van der Waals surface area contributed by atoms with Crippen LogP contribution in [-0.4, -0.2) is 52.9 Å². The van der Waals surface area contributed by atoms with Crippen LogP contribution in [0.1, 0.15) is 58.3 Å². The minimum atomic E-state index is -4.74. The Morgan fingerprint density at radius 3 is 1.00 bits per heavy atom. The van der Waals surface area contributed by atoms with Crippen LogP contribution < -0.4 is 19.6 Å². The number of phosphoric acid groups is 4. The molecule has 0 rings (SSSR count). The molecule has 0 saturated carbocycles. The van der Waals surface area contributed by atoms with Crippen LogP contribution in [0.5, 0.6) is 0 Å². The fourth-order valence-corrected chi connectivity index (χ4v) is 5.33. The predicted octanol–water partition coefficient (Wildman–Crippen LogP) is 1.77. The lowest BCUT2D eigenvalue weighted by atomic mass is 10.2. The first-order valence-electron chi connectivity index (χ1n) is 12.1. The average molecular weight is 644 g/mol. The molecule has 0 aliphatic rings. The van der Waals surface area contributed by atoms with Crippen molar-refractivity contribution in [2.75, 3.05) is 52.9 Å². The normalized spacial score (nSPS) is 17.9. The molecule has 0 N–H and O–H groups in total. The van der Waals surface area contributed by atoms with Gasteiger partial charge in [0.15, 0.2) is 0 Å². The number of rotatable bonds is 27. The second kappa shape index (κ2) is 21.7. The van der Waals surface area contributed by atoms with Crippen LogP contribution >= 0.6 is 31.3 Å². The maximum Gasteiger partial charge on any atom is 0.267 e. The van der Waals surface area contributed by atoms with E-state index >= 15 is 0 Å². The minimum Gasteiger partial charge on any atom is -0.756 e. The summed E-state index contributed by atoms with van der Waals surface area (Å²) in [6, 6.07) is 0. The van der Waals surface area contributed by atoms with Crippen molar-refractivity contribution < 1.29 is 74.0 Å². The van der Waals surface area contributed by atoms with Crippen molar-refractivity contribution in [1.29, 1.82) is 0 Å². The third-order valence-electron chi connectivity index (χ3n) is 4.07. The Hall–Kier alpha value is 0.0000000000000000139. The van der Waals surface area contributed by atoms with Crippen molar-refractivity contribution >= 4 is 31.3 Å². The molecular weight excluding hydrogens is 608 g/mol. The van der Waals surface area contributed by atoms with Gasteiger partial charge in [-0.1, -0.05) is 13.3 Å². The van der Waals surface area contributed by atoms with Gasteiger partial charge in [-0.2, -0.15) is 0 Å². The van der Waals surface area contributed by atoms with E-state index in [-0.39, 0.29) is 45.7 Å². The quantitative estimate of drug-likeness (QED) is 0.0704. The van der Waals surface area contributed by atoms with Gasteiger partial charge in [-0.15, -0.1) is 12.3 Å². The van der Waals surface area contributed by atoms with Crippen LogP contribution in [0.2, 0.25) is 0 Å². The Bertz CT molecular complexity index is 878. The van der Waals surface area contributed by atoms with Crippen molar-refractivity contribution in [2.24, 2.45) is 0 Å². The summed E-state index contributed by atoms with van der Waals surface area (Å²) < 4.78 is 82.8. The van der Waals surface area contributed by atoms with Gasteiger partial charge >= 0.3 is 0 Å². The summed E-state index contributed by atoms with van der Waals surface area (Å²) in [4.78, 5) is 46.3. The topological polar surface area (TPSA) is 234 Å². The van der Waals surface area contributed by atoms with E-state index in [0.29, 0.717) is 25.7 Å². The standard InChI is InChI=1S/C19H40O16P4/c1-3-5-7-8-13-29-37(22,23)31-15-10-17-33-39(26,27)35-19-11-18-34-38(24,25)32-16-9-14-30-36(20,21)28-12-6-4-2/h1H,4-19H2,2H3,(H,20,21)(H,22,23)(H,24,25)(H,26,27)/p-4. The molecule has 0 saturated heterocycles. The third kappa shape index (κ3) is 25.4. The van der Waals surface area contributed by atoms with E-state index in [1.54, 1.807) is 0 Å². The van der Waals surface area contributed by atoms with Gasteiger partial charge in [0.05, 0.1) is 52.9 Å². The average Bonchev–Trinajstić information content (AvgIpc) is 2.83. The Balaban J connectivity index is 3.90. The van der Waals surface area contributed by atoms with Gasteiger partial charge in [0.1, 0.15) is 0 Å². The molecule has 0 aliphatic heterocycles. The fraction of sp³-hybridized carbons (Fsp3) is 0.895. The van der Waals surface area contributed by atoms with E-state index in [1.165, 1.54) is 0 Å². The second-order valence-corrected chi connectivity index (χ2v) is 13.2. The Morgan fingerprint density at radius 2 is 0.744 bits per heavy atom. The molecule has 0 aromatic heterocycles. The molecule has 232 valence electrons. The first-order chi connectivity index (χ1) is 18.2. The van der Waals surface area contributed by atoms with Crippen LogP contribution in [0.4, 0.5) is 0 Å². The van der Waals surface area contributed by atoms with Gasteiger partial charge in [0.2, 0.25) is 0 Å². The Morgan fingerprint density at radius 1 is 0.487 bits per heavy atom. The number of hydrogen-bond donors (Lipinski definition) is 0. The molecule has 0 fully saturated rings. The highest BCUT2D eigenvalue weighted by Crippen LogP contribution is 2.42. The number of unbranched alkanes of at least 4 members (excludes halogenated alkanes) is 3. The van der Waals surface area contributed by atoms with E-state index in [4.69, 9.17) is 6.42 Å². The van der Waals surface area contributed by atoms with E-state index < -0.39 is 57.7 Å².